The van der Waals surface area contributed by atoms with Crippen LogP contribution < -0.4 is 9.80 Å². The van der Waals surface area contributed by atoms with Gasteiger partial charge in [-0.25, -0.2) is 0 Å². The van der Waals surface area contributed by atoms with Crippen molar-refractivity contribution in [3.8, 4) is 0 Å². The van der Waals surface area contributed by atoms with E-state index in [0.717, 1.165) is 21.2 Å². The Morgan fingerprint density at radius 1 is 0.667 bits per heavy atom. The monoisotopic (exact) mass is 360 g/mol. The Morgan fingerprint density at radius 2 is 0.958 bits per heavy atom. The van der Waals surface area contributed by atoms with Gasteiger partial charge in [-0.15, -0.1) is 0 Å². The first kappa shape index (κ1) is 18.4. The number of carbonyl (C=O) groups excluding carboxylic acids is 2. The Labute approximate surface area is 150 Å². The topological polar surface area (TPSA) is 40.6 Å². The highest BCUT2D eigenvalue weighted by Crippen LogP contribution is 2.38. The number of anilines is 2. The van der Waals surface area contributed by atoms with Crippen LogP contribution in [0.25, 0.3) is 0 Å². The highest BCUT2D eigenvalue weighted by atomic mass is 33.1. The number of amides is 2. The Kier molecular flexibility index (Phi) is 6.34. The highest BCUT2D eigenvalue weighted by Gasteiger charge is 2.07. The molecule has 0 bridgehead atoms. The van der Waals surface area contributed by atoms with Crippen molar-refractivity contribution in [3.63, 3.8) is 0 Å². The summed E-state index contributed by atoms with van der Waals surface area (Å²) in [7, 11) is 6.84. The lowest BCUT2D eigenvalue weighted by molar-refractivity contribution is -0.117. The molecule has 2 aromatic rings. The molecule has 0 atom stereocenters. The van der Waals surface area contributed by atoms with Gasteiger partial charge in [-0.2, -0.15) is 0 Å². The third kappa shape index (κ3) is 4.79. The van der Waals surface area contributed by atoms with E-state index in [1.165, 1.54) is 0 Å². The van der Waals surface area contributed by atoms with Gasteiger partial charge in [0, 0.05) is 49.1 Å². The average Bonchev–Trinajstić information content (AvgIpc) is 2.59. The summed E-state index contributed by atoms with van der Waals surface area (Å²) in [5.74, 6) is 0.0285. The van der Waals surface area contributed by atoms with Gasteiger partial charge >= 0.3 is 0 Å². The smallest absolute Gasteiger partial charge is 0.223 e. The van der Waals surface area contributed by atoms with E-state index in [2.05, 4.69) is 0 Å². The Hall–Kier alpha value is -1.92. The first-order valence-electron chi connectivity index (χ1n) is 7.41. The molecule has 0 aliphatic rings. The minimum absolute atomic E-state index is 0.0143. The molecule has 4 nitrogen and oxygen atoms in total. The van der Waals surface area contributed by atoms with E-state index in [4.69, 9.17) is 0 Å². The molecular formula is C18H20N2O2S2. The summed E-state index contributed by atoms with van der Waals surface area (Å²) in [5.41, 5.74) is 1.77. The summed E-state index contributed by atoms with van der Waals surface area (Å²) in [5, 5.41) is 0. The molecule has 0 aliphatic carbocycles. The lowest BCUT2D eigenvalue weighted by Gasteiger charge is -2.15. The van der Waals surface area contributed by atoms with E-state index in [0.29, 0.717) is 0 Å². The number of hydrogen-bond acceptors (Lipinski definition) is 4. The molecule has 126 valence electrons. The fraction of sp³-hybridized carbons (Fsp3) is 0.222. The predicted molar refractivity (Wildman–Crippen MR) is 103 cm³/mol. The van der Waals surface area contributed by atoms with E-state index < -0.39 is 0 Å². The first-order valence-corrected chi connectivity index (χ1v) is 9.56. The predicted octanol–water partition coefficient (Wildman–Crippen LogP) is 4.45. The van der Waals surface area contributed by atoms with Gasteiger partial charge in [0.25, 0.3) is 0 Å². The van der Waals surface area contributed by atoms with Crippen LogP contribution in [0.1, 0.15) is 13.8 Å². The lowest BCUT2D eigenvalue weighted by atomic mass is 10.3. The van der Waals surface area contributed by atoms with Crippen molar-refractivity contribution in [2.45, 2.75) is 23.6 Å². The SMILES string of the molecule is CC(=O)N(C)c1ccc(SSc2ccc(N(C)C(C)=O)cc2)cc1. The van der Waals surface area contributed by atoms with Gasteiger partial charge < -0.3 is 9.80 Å². The molecule has 0 aliphatic heterocycles. The second-order valence-corrected chi connectivity index (χ2v) is 7.59. The third-order valence-corrected chi connectivity index (χ3v) is 6.04. The second kappa shape index (κ2) is 8.26. The lowest BCUT2D eigenvalue weighted by Crippen LogP contribution is -2.22. The van der Waals surface area contributed by atoms with E-state index in [1.807, 2.05) is 48.5 Å². The van der Waals surface area contributed by atoms with Crippen molar-refractivity contribution in [3.05, 3.63) is 48.5 Å². The fourth-order valence-corrected chi connectivity index (χ4v) is 3.84. The van der Waals surface area contributed by atoms with Crippen LogP contribution in [0.2, 0.25) is 0 Å². The minimum Gasteiger partial charge on any atom is -0.316 e. The largest absolute Gasteiger partial charge is 0.316 e. The number of benzene rings is 2. The van der Waals surface area contributed by atoms with Crippen LogP contribution in [0.5, 0.6) is 0 Å². The van der Waals surface area contributed by atoms with E-state index in [-0.39, 0.29) is 11.8 Å². The van der Waals surface area contributed by atoms with Crippen molar-refractivity contribution in [1.29, 1.82) is 0 Å². The van der Waals surface area contributed by atoms with Crippen LogP contribution in [0, 0.1) is 0 Å². The van der Waals surface area contributed by atoms with Crippen molar-refractivity contribution < 1.29 is 9.59 Å². The minimum atomic E-state index is 0.0143. The molecule has 2 rings (SSSR count). The molecule has 0 heterocycles. The molecular weight excluding hydrogens is 340 g/mol. The zero-order valence-corrected chi connectivity index (χ0v) is 15.8. The van der Waals surface area contributed by atoms with E-state index in [9.17, 15) is 9.59 Å². The van der Waals surface area contributed by atoms with Crippen LogP contribution in [-0.2, 0) is 9.59 Å². The van der Waals surface area contributed by atoms with Gasteiger partial charge in [0.1, 0.15) is 0 Å². The molecule has 0 saturated heterocycles. The van der Waals surface area contributed by atoms with Crippen molar-refractivity contribution in [1.82, 2.24) is 0 Å². The van der Waals surface area contributed by atoms with Gasteiger partial charge in [-0.3, -0.25) is 9.59 Å². The molecule has 0 saturated carbocycles. The quantitative estimate of drug-likeness (QED) is 0.739. The van der Waals surface area contributed by atoms with Crippen LogP contribution in [0.4, 0.5) is 11.4 Å². The van der Waals surface area contributed by atoms with Gasteiger partial charge in [0.2, 0.25) is 11.8 Å². The van der Waals surface area contributed by atoms with Crippen molar-refractivity contribution in [2.24, 2.45) is 0 Å². The molecule has 0 radical (unpaired) electrons. The normalized spacial score (nSPS) is 10.3. The molecule has 2 aromatic carbocycles. The maximum absolute atomic E-state index is 11.3. The summed E-state index contributed by atoms with van der Waals surface area (Å²) in [6.07, 6.45) is 0. The summed E-state index contributed by atoms with van der Waals surface area (Å²) >= 11 is 0. The second-order valence-electron chi connectivity index (χ2n) is 5.31. The molecule has 0 fully saturated rings. The van der Waals surface area contributed by atoms with Crippen LogP contribution >= 0.6 is 21.6 Å². The molecule has 24 heavy (non-hydrogen) atoms. The Balaban J connectivity index is 1.96. The molecule has 6 heteroatoms. The first-order chi connectivity index (χ1) is 11.4. The van der Waals surface area contributed by atoms with Gasteiger partial charge in [0.05, 0.1) is 0 Å². The highest BCUT2D eigenvalue weighted by molar-refractivity contribution is 8.76. The summed E-state index contributed by atoms with van der Waals surface area (Å²) < 4.78 is 0. The van der Waals surface area contributed by atoms with Gasteiger partial charge in [-0.05, 0) is 48.5 Å². The van der Waals surface area contributed by atoms with Crippen LogP contribution in [0.15, 0.2) is 58.3 Å². The molecule has 0 N–H and O–H groups in total. The number of nitrogens with zero attached hydrogens (tertiary/aromatic N) is 2. The fourth-order valence-electron chi connectivity index (χ4n) is 1.91. The van der Waals surface area contributed by atoms with Gasteiger partial charge in [-0.1, -0.05) is 21.6 Å². The Bertz CT molecular complexity index is 651. The van der Waals surface area contributed by atoms with E-state index >= 15 is 0 Å². The maximum atomic E-state index is 11.3. The van der Waals surface area contributed by atoms with Crippen LogP contribution in [-0.4, -0.2) is 25.9 Å². The summed E-state index contributed by atoms with van der Waals surface area (Å²) in [6, 6.07) is 15.8. The molecule has 0 aromatic heterocycles. The van der Waals surface area contributed by atoms with Crippen molar-refractivity contribution in [2.75, 3.05) is 23.9 Å². The zero-order valence-electron chi connectivity index (χ0n) is 14.1. The maximum Gasteiger partial charge on any atom is 0.223 e. The molecule has 0 spiro atoms. The van der Waals surface area contributed by atoms with Gasteiger partial charge in [0.15, 0.2) is 0 Å². The summed E-state index contributed by atoms with van der Waals surface area (Å²) in [4.78, 5) is 28.2. The third-order valence-electron chi connectivity index (χ3n) is 3.63. The standard InChI is InChI=1S/C18H20N2O2S2/c1-13(21)19(3)15-5-9-17(10-6-15)23-24-18-11-7-16(8-12-18)20(4)14(2)22/h5-12H,1-4H3. The number of carbonyl (C=O) groups is 2. The number of hydrogen-bond donors (Lipinski definition) is 0. The average molecular weight is 361 g/mol. The van der Waals surface area contributed by atoms with E-state index in [1.54, 1.807) is 59.3 Å². The molecule has 0 unspecified atom stereocenters. The number of rotatable bonds is 5. The summed E-state index contributed by atoms with van der Waals surface area (Å²) in [6.45, 7) is 3.09. The molecule has 2 amide bonds. The zero-order chi connectivity index (χ0) is 17.7. The van der Waals surface area contributed by atoms with Crippen molar-refractivity contribution >= 4 is 44.8 Å². The van der Waals surface area contributed by atoms with Crippen LogP contribution in [0.3, 0.4) is 0 Å². The Morgan fingerprint density at radius 3 is 1.21 bits per heavy atom.